The van der Waals surface area contributed by atoms with Gasteiger partial charge in [0.25, 0.3) is 5.91 Å². The van der Waals surface area contributed by atoms with Gasteiger partial charge in [0, 0.05) is 25.2 Å². The van der Waals surface area contributed by atoms with Crippen LogP contribution in [-0.4, -0.2) is 31.4 Å². The Morgan fingerprint density at radius 3 is 2.80 bits per heavy atom. The maximum Gasteiger partial charge on any atom is 0.251 e. The molecule has 1 aromatic rings. The van der Waals surface area contributed by atoms with Gasteiger partial charge in [0.15, 0.2) is 0 Å². The average Bonchev–Trinajstić information content (AvgIpc) is 2.89. The van der Waals surface area contributed by atoms with Crippen molar-refractivity contribution in [2.45, 2.75) is 13.3 Å². The fraction of sp³-hybridized carbons (Fsp3) is 0.429. The van der Waals surface area contributed by atoms with Gasteiger partial charge in [0.05, 0.1) is 17.3 Å². The number of carbonyl (C=O) groups excluding carboxylic acids is 2. The highest BCUT2D eigenvalue weighted by Crippen LogP contribution is 2.29. The smallest absolute Gasteiger partial charge is 0.251 e. The largest absolute Gasteiger partial charge is 0.397 e. The number of carbonyl (C=O) groups is 2. The molecule has 1 fully saturated rings. The van der Waals surface area contributed by atoms with Crippen LogP contribution >= 0.6 is 0 Å². The summed E-state index contributed by atoms with van der Waals surface area (Å²) in [5.74, 6) is -0.562. The molecule has 1 unspecified atom stereocenters. The van der Waals surface area contributed by atoms with Gasteiger partial charge in [-0.15, -0.1) is 0 Å². The number of nitrogens with two attached hydrogens (primary N) is 2. The number of amides is 2. The van der Waals surface area contributed by atoms with Gasteiger partial charge in [-0.1, -0.05) is 0 Å². The van der Waals surface area contributed by atoms with Crippen molar-refractivity contribution in [2.24, 2.45) is 11.7 Å². The summed E-state index contributed by atoms with van der Waals surface area (Å²) < 4.78 is 0. The molecule has 20 heavy (non-hydrogen) atoms. The van der Waals surface area contributed by atoms with E-state index in [0.717, 1.165) is 18.7 Å². The van der Waals surface area contributed by atoms with E-state index in [2.05, 4.69) is 5.32 Å². The molecule has 0 bridgehead atoms. The van der Waals surface area contributed by atoms with Gasteiger partial charge < -0.3 is 21.7 Å². The molecular formula is C14H20N4O2. The monoisotopic (exact) mass is 276 g/mol. The number of nitrogen functional groups attached to an aromatic ring is 1. The lowest BCUT2D eigenvalue weighted by atomic mass is 10.1. The first kappa shape index (κ1) is 14.2. The summed E-state index contributed by atoms with van der Waals surface area (Å²) in [5.41, 5.74) is 13.3. The molecule has 1 heterocycles. The number of rotatable bonds is 4. The van der Waals surface area contributed by atoms with Gasteiger partial charge in [-0.05, 0) is 31.5 Å². The predicted molar refractivity (Wildman–Crippen MR) is 78.4 cm³/mol. The molecule has 2 rings (SSSR count). The molecule has 0 aliphatic carbocycles. The van der Waals surface area contributed by atoms with Crippen LogP contribution in [0, 0.1) is 5.92 Å². The van der Waals surface area contributed by atoms with E-state index in [1.54, 1.807) is 18.2 Å². The normalized spacial score (nSPS) is 18.1. The second kappa shape index (κ2) is 5.81. The van der Waals surface area contributed by atoms with Crippen LogP contribution in [0.25, 0.3) is 0 Å². The van der Waals surface area contributed by atoms with Gasteiger partial charge in [0.1, 0.15) is 0 Å². The van der Waals surface area contributed by atoms with Crippen molar-refractivity contribution in [1.82, 2.24) is 5.32 Å². The number of hydrogen-bond donors (Lipinski definition) is 3. The molecule has 2 amide bonds. The molecule has 6 nitrogen and oxygen atoms in total. The summed E-state index contributed by atoms with van der Waals surface area (Å²) in [6.07, 6.45) is 0.722. The van der Waals surface area contributed by atoms with Crippen molar-refractivity contribution in [2.75, 3.05) is 30.3 Å². The third-order valence-corrected chi connectivity index (χ3v) is 3.56. The molecule has 1 aliphatic rings. The minimum atomic E-state index is -0.286. The first-order valence-corrected chi connectivity index (χ1v) is 6.75. The Kier molecular flexibility index (Phi) is 4.12. The van der Waals surface area contributed by atoms with Crippen LogP contribution in [0.4, 0.5) is 11.4 Å². The maximum absolute atomic E-state index is 11.9. The van der Waals surface area contributed by atoms with Crippen molar-refractivity contribution < 1.29 is 9.59 Å². The number of hydrogen-bond acceptors (Lipinski definition) is 4. The van der Waals surface area contributed by atoms with Gasteiger partial charge >= 0.3 is 0 Å². The molecular weight excluding hydrogens is 256 g/mol. The van der Waals surface area contributed by atoms with Crippen molar-refractivity contribution in [3.8, 4) is 0 Å². The van der Waals surface area contributed by atoms with Crippen LogP contribution in [0.1, 0.15) is 23.7 Å². The fourth-order valence-corrected chi connectivity index (χ4v) is 2.43. The zero-order chi connectivity index (χ0) is 14.7. The van der Waals surface area contributed by atoms with E-state index in [9.17, 15) is 9.59 Å². The number of nitrogens with one attached hydrogen (secondary N) is 1. The first-order chi connectivity index (χ1) is 9.52. The van der Waals surface area contributed by atoms with Crippen molar-refractivity contribution >= 4 is 23.2 Å². The topological polar surface area (TPSA) is 101 Å². The van der Waals surface area contributed by atoms with Crippen molar-refractivity contribution in [1.29, 1.82) is 0 Å². The lowest BCUT2D eigenvalue weighted by Crippen LogP contribution is -2.28. The molecule has 0 radical (unpaired) electrons. The first-order valence-electron chi connectivity index (χ1n) is 6.75. The minimum absolute atomic E-state index is 0.126. The van der Waals surface area contributed by atoms with E-state index in [-0.39, 0.29) is 17.7 Å². The van der Waals surface area contributed by atoms with Gasteiger partial charge in [0.2, 0.25) is 5.91 Å². The quantitative estimate of drug-likeness (QED) is 0.690. The summed E-state index contributed by atoms with van der Waals surface area (Å²) in [5, 5.41) is 2.75. The second-order valence-electron chi connectivity index (χ2n) is 4.97. The summed E-state index contributed by atoms with van der Waals surface area (Å²) >= 11 is 0. The SMILES string of the molecule is CCNC(=O)c1ccc(N)c(N2CCC(C(N)=O)C2)c1. The fourth-order valence-electron chi connectivity index (χ4n) is 2.43. The molecule has 0 spiro atoms. The van der Waals surface area contributed by atoms with Gasteiger partial charge in [-0.2, -0.15) is 0 Å². The predicted octanol–water partition coefficient (Wildman–Crippen LogP) is 0.330. The molecule has 6 heteroatoms. The standard InChI is InChI=1S/C14H20N4O2/c1-2-17-14(20)9-3-4-11(15)12(7-9)18-6-5-10(8-18)13(16)19/h3-4,7,10H,2,5-6,8,15H2,1H3,(H2,16,19)(H,17,20). The summed E-state index contributed by atoms with van der Waals surface area (Å²) in [6.45, 7) is 3.72. The summed E-state index contributed by atoms with van der Waals surface area (Å²) in [7, 11) is 0. The van der Waals surface area contributed by atoms with E-state index in [1.165, 1.54) is 0 Å². The minimum Gasteiger partial charge on any atom is -0.397 e. The zero-order valence-electron chi connectivity index (χ0n) is 11.6. The van der Waals surface area contributed by atoms with Crippen LogP contribution in [0.3, 0.4) is 0 Å². The van der Waals surface area contributed by atoms with Crippen molar-refractivity contribution in [3.63, 3.8) is 0 Å². The molecule has 1 atom stereocenters. The van der Waals surface area contributed by atoms with Crippen molar-refractivity contribution in [3.05, 3.63) is 23.8 Å². The molecule has 1 aromatic carbocycles. The Labute approximate surface area is 118 Å². The molecule has 5 N–H and O–H groups in total. The van der Waals surface area contributed by atoms with Gasteiger partial charge in [-0.25, -0.2) is 0 Å². The number of benzene rings is 1. The molecule has 1 saturated heterocycles. The number of primary amides is 1. The third kappa shape index (κ3) is 2.84. The Hall–Kier alpha value is -2.24. The lowest BCUT2D eigenvalue weighted by molar-refractivity contribution is -0.121. The Morgan fingerprint density at radius 1 is 1.45 bits per heavy atom. The molecule has 108 valence electrons. The highest BCUT2D eigenvalue weighted by molar-refractivity contribution is 5.96. The van der Waals surface area contributed by atoms with E-state index >= 15 is 0 Å². The van der Waals surface area contributed by atoms with Crippen LogP contribution in [-0.2, 0) is 4.79 Å². The van der Waals surface area contributed by atoms with Crippen LogP contribution < -0.4 is 21.7 Å². The molecule has 0 aromatic heterocycles. The van der Waals surface area contributed by atoms with E-state index in [0.29, 0.717) is 24.3 Å². The summed E-state index contributed by atoms with van der Waals surface area (Å²) in [4.78, 5) is 25.1. The van der Waals surface area contributed by atoms with E-state index in [1.807, 2.05) is 11.8 Å². The van der Waals surface area contributed by atoms with E-state index in [4.69, 9.17) is 11.5 Å². The molecule has 0 saturated carbocycles. The second-order valence-corrected chi connectivity index (χ2v) is 4.97. The van der Waals surface area contributed by atoms with Crippen LogP contribution in [0.15, 0.2) is 18.2 Å². The summed E-state index contributed by atoms with van der Waals surface area (Å²) in [6, 6.07) is 5.19. The highest BCUT2D eigenvalue weighted by atomic mass is 16.2. The van der Waals surface area contributed by atoms with E-state index < -0.39 is 0 Å². The maximum atomic E-state index is 11.9. The Balaban J connectivity index is 2.21. The number of nitrogens with zero attached hydrogens (tertiary/aromatic N) is 1. The highest BCUT2D eigenvalue weighted by Gasteiger charge is 2.28. The molecule has 1 aliphatic heterocycles. The Bertz CT molecular complexity index is 530. The lowest BCUT2D eigenvalue weighted by Gasteiger charge is -2.21. The number of anilines is 2. The zero-order valence-corrected chi connectivity index (χ0v) is 11.6. The Morgan fingerprint density at radius 2 is 2.20 bits per heavy atom. The average molecular weight is 276 g/mol. The van der Waals surface area contributed by atoms with Crippen LogP contribution in [0.5, 0.6) is 0 Å². The third-order valence-electron chi connectivity index (χ3n) is 3.56. The van der Waals surface area contributed by atoms with Gasteiger partial charge in [-0.3, -0.25) is 9.59 Å². The van der Waals surface area contributed by atoms with Crippen LogP contribution in [0.2, 0.25) is 0 Å².